The molecule has 0 aromatic heterocycles. The molecule has 1 saturated heterocycles. The van der Waals surface area contributed by atoms with Gasteiger partial charge in [-0.15, -0.1) is 0 Å². The number of carbonyl (C=O) groups is 1. The molecule has 0 bridgehead atoms. The zero-order chi connectivity index (χ0) is 17.3. The van der Waals surface area contributed by atoms with E-state index < -0.39 is 23.4 Å². The maximum Gasteiger partial charge on any atom is 0.416 e. The molecule has 1 aliphatic rings. The number of rotatable bonds is 1. The summed E-state index contributed by atoms with van der Waals surface area (Å²) in [5.41, 5.74) is -0.974. The zero-order valence-corrected chi connectivity index (χ0v) is 13.6. The average molecular weight is 329 g/mol. The summed E-state index contributed by atoms with van der Waals surface area (Å²) in [6, 6.07) is 5.60. The number of likely N-dealkylation sites (tertiary alicyclic amines) is 1. The molecule has 128 valence electrons. The predicted molar refractivity (Wildman–Crippen MR) is 81.2 cm³/mol. The van der Waals surface area contributed by atoms with Gasteiger partial charge in [-0.1, -0.05) is 18.2 Å². The molecule has 1 atom stereocenters. The van der Waals surface area contributed by atoms with Gasteiger partial charge in [-0.25, -0.2) is 4.79 Å². The first kappa shape index (κ1) is 17.6. The van der Waals surface area contributed by atoms with Gasteiger partial charge in [-0.2, -0.15) is 13.2 Å². The van der Waals surface area contributed by atoms with Gasteiger partial charge >= 0.3 is 12.3 Å². The third-order valence-electron chi connectivity index (χ3n) is 3.78. The minimum Gasteiger partial charge on any atom is -0.444 e. The summed E-state index contributed by atoms with van der Waals surface area (Å²) in [4.78, 5) is 13.7. The van der Waals surface area contributed by atoms with E-state index in [1.54, 1.807) is 26.8 Å². The van der Waals surface area contributed by atoms with Gasteiger partial charge in [0.05, 0.1) is 5.56 Å². The van der Waals surface area contributed by atoms with Crippen LogP contribution in [0.1, 0.15) is 50.7 Å². The van der Waals surface area contributed by atoms with E-state index in [1.807, 2.05) is 0 Å². The van der Waals surface area contributed by atoms with Crippen LogP contribution in [0.25, 0.3) is 0 Å². The molecule has 0 aliphatic carbocycles. The van der Waals surface area contributed by atoms with Gasteiger partial charge in [0, 0.05) is 19.0 Å². The Kier molecular flexibility index (Phi) is 4.92. The molecule has 3 nitrogen and oxygen atoms in total. The van der Waals surface area contributed by atoms with Crippen molar-refractivity contribution >= 4 is 6.09 Å². The number of carbonyl (C=O) groups excluding carboxylic acids is 1. The number of hydrogen-bond donors (Lipinski definition) is 0. The van der Waals surface area contributed by atoms with Crippen LogP contribution in [-0.2, 0) is 10.9 Å². The topological polar surface area (TPSA) is 29.5 Å². The number of benzene rings is 1. The largest absolute Gasteiger partial charge is 0.444 e. The van der Waals surface area contributed by atoms with E-state index in [0.29, 0.717) is 19.4 Å². The van der Waals surface area contributed by atoms with Crippen LogP contribution in [-0.4, -0.2) is 29.7 Å². The standard InChI is InChI=1S/C17H22F3NO2/c1-16(2,3)23-15(22)21-10-6-7-12(11-21)13-8-4-5-9-14(13)17(18,19)20/h4-5,8-9,12H,6-7,10-11H2,1-3H3. The highest BCUT2D eigenvalue weighted by molar-refractivity contribution is 5.68. The quantitative estimate of drug-likeness (QED) is 0.739. The highest BCUT2D eigenvalue weighted by Crippen LogP contribution is 2.38. The van der Waals surface area contributed by atoms with Crippen LogP contribution in [0, 0.1) is 0 Å². The summed E-state index contributed by atoms with van der Waals surface area (Å²) >= 11 is 0. The molecular formula is C17H22F3NO2. The highest BCUT2D eigenvalue weighted by Gasteiger charge is 2.37. The predicted octanol–water partition coefficient (Wildman–Crippen LogP) is 4.82. The van der Waals surface area contributed by atoms with Crippen molar-refractivity contribution in [2.75, 3.05) is 13.1 Å². The molecular weight excluding hydrogens is 307 g/mol. The molecule has 1 aliphatic heterocycles. The molecule has 1 amide bonds. The van der Waals surface area contributed by atoms with Crippen LogP contribution in [0.3, 0.4) is 0 Å². The van der Waals surface area contributed by atoms with Crippen LogP contribution in [0.4, 0.5) is 18.0 Å². The molecule has 0 N–H and O–H groups in total. The smallest absolute Gasteiger partial charge is 0.416 e. The molecule has 23 heavy (non-hydrogen) atoms. The van der Waals surface area contributed by atoms with Crippen molar-refractivity contribution in [2.24, 2.45) is 0 Å². The summed E-state index contributed by atoms with van der Waals surface area (Å²) in [5.74, 6) is -0.325. The SMILES string of the molecule is CC(C)(C)OC(=O)N1CCCC(c2ccccc2C(F)(F)F)C1. The van der Waals surface area contributed by atoms with Crippen molar-refractivity contribution in [3.8, 4) is 0 Å². The van der Waals surface area contributed by atoms with Gasteiger partial charge in [0.2, 0.25) is 0 Å². The van der Waals surface area contributed by atoms with Crippen molar-refractivity contribution in [1.29, 1.82) is 0 Å². The minimum absolute atomic E-state index is 0.252. The Morgan fingerprint density at radius 2 is 1.87 bits per heavy atom. The number of alkyl halides is 3. The molecule has 1 fully saturated rings. The van der Waals surface area contributed by atoms with Crippen molar-refractivity contribution in [2.45, 2.75) is 51.3 Å². The Hall–Kier alpha value is -1.72. The van der Waals surface area contributed by atoms with Gasteiger partial charge in [0.25, 0.3) is 0 Å². The molecule has 1 heterocycles. The van der Waals surface area contributed by atoms with Crippen LogP contribution < -0.4 is 0 Å². The third kappa shape index (κ3) is 4.62. The zero-order valence-electron chi connectivity index (χ0n) is 13.6. The summed E-state index contributed by atoms with van der Waals surface area (Å²) in [6.07, 6.45) is -3.56. The molecule has 0 saturated carbocycles. The highest BCUT2D eigenvalue weighted by atomic mass is 19.4. The van der Waals surface area contributed by atoms with Gasteiger partial charge in [-0.3, -0.25) is 0 Å². The van der Waals surface area contributed by atoms with Gasteiger partial charge < -0.3 is 9.64 Å². The van der Waals surface area contributed by atoms with E-state index >= 15 is 0 Å². The van der Waals surface area contributed by atoms with E-state index in [1.165, 1.54) is 17.0 Å². The van der Waals surface area contributed by atoms with Crippen LogP contribution in [0.5, 0.6) is 0 Å². The lowest BCUT2D eigenvalue weighted by atomic mass is 9.87. The monoisotopic (exact) mass is 329 g/mol. The van der Waals surface area contributed by atoms with Crippen LogP contribution in [0.2, 0.25) is 0 Å². The fourth-order valence-electron chi connectivity index (χ4n) is 2.83. The van der Waals surface area contributed by atoms with Gasteiger partial charge in [0.15, 0.2) is 0 Å². The van der Waals surface area contributed by atoms with E-state index in [0.717, 1.165) is 6.07 Å². The Morgan fingerprint density at radius 3 is 2.48 bits per heavy atom. The first-order valence-corrected chi connectivity index (χ1v) is 7.72. The maximum absolute atomic E-state index is 13.2. The Bertz CT molecular complexity index is 564. The fraction of sp³-hybridized carbons (Fsp3) is 0.588. The lowest BCUT2D eigenvalue weighted by Gasteiger charge is -2.35. The second-order valence-electron chi connectivity index (χ2n) is 6.85. The number of hydrogen-bond acceptors (Lipinski definition) is 2. The Morgan fingerprint density at radius 1 is 1.22 bits per heavy atom. The number of halogens is 3. The van der Waals surface area contributed by atoms with E-state index in [2.05, 4.69) is 0 Å². The number of ether oxygens (including phenoxy) is 1. The number of piperidine rings is 1. The molecule has 1 aromatic rings. The first-order chi connectivity index (χ1) is 10.6. The lowest BCUT2D eigenvalue weighted by Crippen LogP contribution is -2.42. The van der Waals surface area contributed by atoms with Crippen molar-refractivity contribution < 1.29 is 22.7 Å². The van der Waals surface area contributed by atoms with Crippen molar-refractivity contribution in [3.63, 3.8) is 0 Å². The van der Waals surface area contributed by atoms with E-state index in [-0.39, 0.29) is 18.0 Å². The summed E-state index contributed by atoms with van der Waals surface area (Å²) < 4.78 is 44.9. The third-order valence-corrected chi connectivity index (χ3v) is 3.78. The number of nitrogens with zero attached hydrogens (tertiary/aromatic N) is 1. The molecule has 2 rings (SSSR count). The molecule has 0 spiro atoms. The van der Waals surface area contributed by atoms with Crippen molar-refractivity contribution in [3.05, 3.63) is 35.4 Å². The maximum atomic E-state index is 13.2. The normalized spacial score (nSPS) is 19.6. The molecule has 0 radical (unpaired) electrons. The summed E-state index contributed by atoms with van der Waals surface area (Å²) in [7, 11) is 0. The van der Waals surface area contributed by atoms with Crippen molar-refractivity contribution in [1.82, 2.24) is 4.90 Å². The molecule has 6 heteroatoms. The van der Waals surface area contributed by atoms with Crippen LogP contribution in [0.15, 0.2) is 24.3 Å². The van der Waals surface area contributed by atoms with E-state index in [4.69, 9.17) is 4.74 Å². The Labute approximate surface area is 134 Å². The average Bonchev–Trinajstić information content (AvgIpc) is 2.45. The summed E-state index contributed by atoms with van der Waals surface area (Å²) in [6.45, 7) is 6.07. The molecule has 1 unspecified atom stereocenters. The van der Waals surface area contributed by atoms with Gasteiger partial charge in [0.1, 0.15) is 5.60 Å². The fourth-order valence-corrected chi connectivity index (χ4v) is 2.83. The Balaban J connectivity index is 2.18. The molecule has 1 aromatic carbocycles. The lowest BCUT2D eigenvalue weighted by molar-refractivity contribution is -0.138. The van der Waals surface area contributed by atoms with Crippen LogP contribution >= 0.6 is 0 Å². The van der Waals surface area contributed by atoms with Gasteiger partial charge in [-0.05, 0) is 45.2 Å². The summed E-state index contributed by atoms with van der Waals surface area (Å²) in [5, 5.41) is 0. The van der Waals surface area contributed by atoms with E-state index in [9.17, 15) is 18.0 Å². The second-order valence-corrected chi connectivity index (χ2v) is 6.85. The number of amides is 1. The minimum atomic E-state index is -4.38. The first-order valence-electron chi connectivity index (χ1n) is 7.72. The second kappa shape index (κ2) is 6.42.